The summed E-state index contributed by atoms with van der Waals surface area (Å²) in [5, 5.41) is 13.4. The lowest BCUT2D eigenvalue weighted by molar-refractivity contribution is -0.143. The van der Waals surface area contributed by atoms with Gasteiger partial charge in [0.15, 0.2) is 5.75 Å². The molecule has 1 aromatic carbocycles. The van der Waals surface area contributed by atoms with Gasteiger partial charge in [-0.15, -0.1) is 0 Å². The molecular weight excluding hydrogens is 321 g/mol. The molecule has 1 N–H and O–H groups in total. The van der Waals surface area contributed by atoms with Crippen LogP contribution in [0.25, 0.3) is 11.1 Å². The van der Waals surface area contributed by atoms with E-state index in [0.29, 0.717) is 23.1 Å². The summed E-state index contributed by atoms with van der Waals surface area (Å²) in [7, 11) is 1.14. The smallest absolute Gasteiger partial charge is 0.438 e. The van der Waals surface area contributed by atoms with Crippen molar-refractivity contribution in [3.63, 3.8) is 0 Å². The van der Waals surface area contributed by atoms with Gasteiger partial charge < -0.3 is 5.11 Å². The Morgan fingerprint density at radius 1 is 1.12 bits per heavy atom. The van der Waals surface area contributed by atoms with Crippen molar-refractivity contribution in [2.75, 3.05) is 0 Å². The highest BCUT2D eigenvalue weighted by atomic mass is 19.4. The van der Waals surface area contributed by atoms with Gasteiger partial charge in [-0.2, -0.15) is 18.3 Å². The van der Waals surface area contributed by atoms with Crippen molar-refractivity contribution < 1.29 is 18.3 Å². The molecule has 1 aromatic heterocycles. The summed E-state index contributed by atoms with van der Waals surface area (Å²) in [6.45, 7) is 5.59. The van der Waals surface area contributed by atoms with Crippen LogP contribution in [0.2, 0.25) is 0 Å². The van der Waals surface area contributed by atoms with Gasteiger partial charge in [0.05, 0.1) is 5.56 Å². The number of nitrogens with zero attached hydrogens (tertiary/aromatic N) is 2. The number of hydrogen-bond acceptors (Lipinski definition) is 3. The lowest BCUT2D eigenvalue weighted by Gasteiger charge is -2.18. The zero-order valence-electron chi connectivity index (χ0n) is 14.0. The zero-order chi connectivity index (χ0) is 18.2. The lowest BCUT2D eigenvalue weighted by atomic mass is 9.90. The molecule has 0 spiro atoms. The largest absolute Gasteiger partial charge is 0.505 e. The minimum absolute atomic E-state index is 0.339. The van der Waals surface area contributed by atoms with Crippen molar-refractivity contribution in [1.82, 2.24) is 9.78 Å². The van der Waals surface area contributed by atoms with E-state index in [9.17, 15) is 23.1 Å². The van der Waals surface area contributed by atoms with Crippen molar-refractivity contribution in [2.45, 2.75) is 39.8 Å². The van der Waals surface area contributed by atoms with Crippen LogP contribution in [0.1, 0.15) is 36.2 Å². The summed E-state index contributed by atoms with van der Waals surface area (Å²) in [6, 6.07) is 3.64. The number of aryl methyl sites for hydroxylation is 4. The van der Waals surface area contributed by atoms with Crippen LogP contribution in [0.3, 0.4) is 0 Å². The maximum atomic E-state index is 13.1. The van der Waals surface area contributed by atoms with E-state index in [1.165, 1.54) is 0 Å². The minimum atomic E-state index is -4.85. The number of benzene rings is 1. The molecule has 1 heterocycles. The third-order valence-electron chi connectivity index (χ3n) is 3.95. The summed E-state index contributed by atoms with van der Waals surface area (Å²) in [4.78, 5) is 12.5. The van der Waals surface area contributed by atoms with Gasteiger partial charge in [0.2, 0.25) is 5.69 Å². The Balaban J connectivity index is 2.98. The Labute approximate surface area is 137 Å². The van der Waals surface area contributed by atoms with Gasteiger partial charge in [-0.1, -0.05) is 31.5 Å². The van der Waals surface area contributed by atoms with Crippen LogP contribution < -0.4 is 5.56 Å². The number of rotatable bonds is 3. The second-order valence-electron chi connectivity index (χ2n) is 5.66. The average molecular weight is 340 g/mol. The van der Waals surface area contributed by atoms with E-state index in [2.05, 4.69) is 5.10 Å². The number of halogens is 3. The summed E-state index contributed by atoms with van der Waals surface area (Å²) in [5.74, 6) is -1.11. The van der Waals surface area contributed by atoms with Gasteiger partial charge in [0.1, 0.15) is 0 Å². The molecule has 0 aliphatic rings. The molecule has 7 heteroatoms. The number of aromatic hydroxyl groups is 1. The van der Waals surface area contributed by atoms with E-state index in [1.54, 1.807) is 0 Å². The van der Waals surface area contributed by atoms with Crippen molar-refractivity contribution in [1.29, 1.82) is 0 Å². The zero-order valence-corrected chi connectivity index (χ0v) is 14.0. The number of alkyl halides is 3. The van der Waals surface area contributed by atoms with Crippen molar-refractivity contribution in [3.05, 3.63) is 44.9 Å². The van der Waals surface area contributed by atoms with Crippen LogP contribution >= 0.6 is 0 Å². The van der Waals surface area contributed by atoms with Crippen LogP contribution in [-0.4, -0.2) is 14.9 Å². The fourth-order valence-electron chi connectivity index (χ4n) is 2.86. The first kappa shape index (κ1) is 18.0. The molecule has 4 nitrogen and oxygen atoms in total. The Bertz CT molecular complexity index is 814. The van der Waals surface area contributed by atoms with Gasteiger partial charge in [0.25, 0.3) is 5.56 Å². The number of aromatic nitrogens is 2. The third-order valence-corrected chi connectivity index (χ3v) is 3.95. The maximum absolute atomic E-state index is 13.1. The molecule has 0 fully saturated rings. The molecule has 0 aliphatic heterocycles. The first-order chi connectivity index (χ1) is 11.1. The number of hydrogen-bond donors (Lipinski definition) is 1. The summed E-state index contributed by atoms with van der Waals surface area (Å²) in [5.41, 5.74) is 0.217. The van der Waals surface area contributed by atoms with Crippen molar-refractivity contribution in [2.24, 2.45) is 7.05 Å². The molecule has 0 unspecified atom stereocenters. The molecule has 130 valence electrons. The van der Waals surface area contributed by atoms with E-state index < -0.39 is 23.2 Å². The van der Waals surface area contributed by atoms with Crippen molar-refractivity contribution in [3.8, 4) is 16.9 Å². The summed E-state index contributed by atoms with van der Waals surface area (Å²) in [6.07, 6.45) is -3.81. The molecule has 0 saturated carbocycles. The molecule has 0 aliphatic carbocycles. The Morgan fingerprint density at radius 2 is 1.62 bits per heavy atom. The molecule has 24 heavy (non-hydrogen) atoms. The first-order valence-electron chi connectivity index (χ1n) is 7.62. The van der Waals surface area contributed by atoms with Crippen LogP contribution in [0, 0.1) is 6.92 Å². The topological polar surface area (TPSA) is 55.1 Å². The predicted octanol–water partition coefficient (Wildman–Crippen LogP) is 3.60. The third kappa shape index (κ3) is 3.02. The quantitative estimate of drug-likeness (QED) is 0.929. The average Bonchev–Trinajstić information content (AvgIpc) is 2.50. The SMILES string of the molecule is CCc1cc(C)cc(CC)c1-c1c(O)c(C(F)(F)F)nn(C)c1=O. The second-order valence-corrected chi connectivity index (χ2v) is 5.66. The minimum Gasteiger partial charge on any atom is -0.505 e. The normalized spacial score (nSPS) is 11.8. The molecule has 2 rings (SSSR count). The maximum Gasteiger partial charge on any atom is 0.438 e. The lowest BCUT2D eigenvalue weighted by Crippen LogP contribution is -2.26. The molecule has 2 aromatic rings. The monoisotopic (exact) mass is 340 g/mol. The predicted molar refractivity (Wildman–Crippen MR) is 85.1 cm³/mol. The van der Waals surface area contributed by atoms with Gasteiger partial charge in [0, 0.05) is 7.05 Å². The van der Waals surface area contributed by atoms with Crippen molar-refractivity contribution >= 4 is 0 Å². The molecule has 0 bridgehead atoms. The Hall–Kier alpha value is -2.31. The van der Waals surface area contributed by atoms with Crippen LogP contribution in [-0.2, 0) is 26.1 Å². The first-order valence-corrected chi connectivity index (χ1v) is 7.62. The van der Waals surface area contributed by atoms with Crippen LogP contribution in [0.4, 0.5) is 13.2 Å². The van der Waals surface area contributed by atoms with E-state index in [-0.39, 0.29) is 5.56 Å². The van der Waals surface area contributed by atoms with Gasteiger partial charge in [-0.25, -0.2) is 4.68 Å². The van der Waals surface area contributed by atoms with Crippen LogP contribution in [0.5, 0.6) is 5.75 Å². The Morgan fingerprint density at radius 3 is 2.04 bits per heavy atom. The highest BCUT2D eigenvalue weighted by Crippen LogP contribution is 2.40. The fourth-order valence-corrected chi connectivity index (χ4v) is 2.86. The second kappa shape index (κ2) is 6.30. The molecule has 0 atom stereocenters. The molecule has 0 radical (unpaired) electrons. The highest BCUT2D eigenvalue weighted by molar-refractivity contribution is 5.76. The standard InChI is InChI=1S/C17H19F3N2O2/c1-5-10-7-9(3)8-11(6-2)12(10)13-14(23)15(17(18,19)20)21-22(4)16(13)24/h7-8,23H,5-6H2,1-4H3. The van der Waals surface area contributed by atoms with E-state index in [1.807, 2.05) is 32.9 Å². The molecular formula is C17H19F3N2O2. The fraction of sp³-hybridized carbons (Fsp3) is 0.412. The summed E-state index contributed by atoms with van der Waals surface area (Å²) >= 11 is 0. The summed E-state index contributed by atoms with van der Waals surface area (Å²) < 4.78 is 40.1. The van der Waals surface area contributed by atoms with E-state index in [4.69, 9.17) is 0 Å². The molecule has 0 saturated heterocycles. The Kier molecular flexibility index (Phi) is 4.73. The van der Waals surface area contributed by atoms with Gasteiger partial charge >= 0.3 is 6.18 Å². The van der Waals surface area contributed by atoms with E-state index >= 15 is 0 Å². The highest BCUT2D eigenvalue weighted by Gasteiger charge is 2.39. The van der Waals surface area contributed by atoms with Crippen LogP contribution in [0.15, 0.2) is 16.9 Å². The van der Waals surface area contributed by atoms with E-state index in [0.717, 1.165) is 23.7 Å². The molecule has 0 amide bonds. The van der Waals surface area contributed by atoms with Gasteiger partial charge in [-0.05, 0) is 36.5 Å². The van der Waals surface area contributed by atoms with Gasteiger partial charge in [-0.3, -0.25) is 4.79 Å².